The first-order valence-electron chi connectivity index (χ1n) is 2.99. The standard InChI is InChI=1S/C8H11ClS/c1-3-5-8(10-2)6-4-7-9/h3-7H,1-2H3/b5-3+,7-4+,8-6-. The molecule has 0 N–H and O–H groups in total. The molecule has 0 aliphatic rings. The Balaban J connectivity index is 4.04. The fourth-order valence-corrected chi connectivity index (χ4v) is 1.05. The first kappa shape index (κ1) is 9.86. The van der Waals surface area contributed by atoms with Crippen molar-refractivity contribution in [3.63, 3.8) is 0 Å². The van der Waals surface area contributed by atoms with Gasteiger partial charge in [0.1, 0.15) is 0 Å². The summed E-state index contributed by atoms with van der Waals surface area (Å²) in [4.78, 5) is 1.21. The molecule has 0 fully saturated rings. The zero-order valence-electron chi connectivity index (χ0n) is 6.17. The van der Waals surface area contributed by atoms with Crippen LogP contribution in [0.15, 0.2) is 34.7 Å². The summed E-state index contributed by atoms with van der Waals surface area (Å²) in [6.45, 7) is 1.99. The number of rotatable bonds is 3. The minimum Gasteiger partial charge on any atom is -0.130 e. The molecule has 0 radical (unpaired) electrons. The monoisotopic (exact) mass is 174 g/mol. The van der Waals surface area contributed by atoms with Crippen LogP contribution in [-0.2, 0) is 0 Å². The lowest BCUT2D eigenvalue weighted by Crippen LogP contribution is -1.64. The third kappa shape index (κ3) is 4.71. The zero-order valence-corrected chi connectivity index (χ0v) is 7.75. The summed E-state index contributed by atoms with van der Waals surface area (Å²) < 4.78 is 0. The molecule has 0 saturated heterocycles. The number of allylic oxidation sites excluding steroid dienone is 4. The summed E-state index contributed by atoms with van der Waals surface area (Å²) in [5.74, 6) is 0. The zero-order chi connectivity index (χ0) is 7.82. The van der Waals surface area contributed by atoms with Crippen LogP contribution in [0.1, 0.15) is 6.92 Å². The van der Waals surface area contributed by atoms with Crippen molar-refractivity contribution in [3.8, 4) is 0 Å². The van der Waals surface area contributed by atoms with E-state index < -0.39 is 0 Å². The van der Waals surface area contributed by atoms with Crippen LogP contribution in [0.3, 0.4) is 0 Å². The van der Waals surface area contributed by atoms with Crippen molar-refractivity contribution in [1.29, 1.82) is 0 Å². The van der Waals surface area contributed by atoms with Crippen molar-refractivity contribution >= 4 is 23.4 Å². The van der Waals surface area contributed by atoms with Gasteiger partial charge in [-0.3, -0.25) is 0 Å². The highest BCUT2D eigenvalue weighted by atomic mass is 35.5. The fourth-order valence-electron chi connectivity index (χ4n) is 0.487. The van der Waals surface area contributed by atoms with E-state index in [2.05, 4.69) is 0 Å². The van der Waals surface area contributed by atoms with E-state index >= 15 is 0 Å². The number of thioether (sulfide) groups is 1. The predicted octanol–water partition coefficient (Wildman–Crippen LogP) is 3.56. The summed E-state index contributed by atoms with van der Waals surface area (Å²) in [5, 5.41) is 0. The summed E-state index contributed by atoms with van der Waals surface area (Å²) in [7, 11) is 0. The van der Waals surface area contributed by atoms with Crippen LogP contribution >= 0.6 is 23.4 Å². The normalized spacial score (nSPS) is 13.7. The Hall–Kier alpha value is -0.140. The van der Waals surface area contributed by atoms with Gasteiger partial charge in [-0.05, 0) is 25.3 Å². The van der Waals surface area contributed by atoms with E-state index in [1.54, 1.807) is 11.8 Å². The van der Waals surface area contributed by atoms with Gasteiger partial charge in [0.05, 0.1) is 0 Å². The Morgan fingerprint density at radius 2 is 2.20 bits per heavy atom. The first-order chi connectivity index (χ1) is 4.85. The predicted molar refractivity (Wildman–Crippen MR) is 51.4 cm³/mol. The Bertz CT molecular complexity index is 157. The molecule has 0 nitrogen and oxygen atoms in total. The van der Waals surface area contributed by atoms with Crippen LogP contribution in [0, 0.1) is 0 Å². The van der Waals surface area contributed by atoms with Crippen LogP contribution in [0.25, 0.3) is 0 Å². The van der Waals surface area contributed by atoms with Crippen LogP contribution < -0.4 is 0 Å². The van der Waals surface area contributed by atoms with E-state index in [-0.39, 0.29) is 0 Å². The Morgan fingerprint density at radius 1 is 1.50 bits per heavy atom. The topological polar surface area (TPSA) is 0 Å². The van der Waals surface area contributed by atoms with Gasteiger partial charge in [-0.2, -0.15) is 0 Å². The molecular weight excluding hydrogens is 164 g/mol. The van der Waals surface area contributed by atoms with Crippen molar-refractivity contribution in [2.75, 3.05) is 6.26 Å². The third-order valence-corrected chi connectivity index (χ3v) is 1.79. The molecule has 0 amide bonds. The molecule has 0 aromatic heterocycles. The van der Waals surface area contributed by atoms with Gasteiger partial charge >= 0.3 is 0 Å². The molecule has 0 heterocycles. The maximum atomic E-state index is 5.34. The lowest BCUT2D eigenvalue weighted by Gasteiger charge is -1.90. The van der Waals surface area contributed by atoms with Gasteiger partial charge in [-0.25, -0.2) is 0 Å². The van der Waals surface area contributed by atoms with Gasteiger partial charge in [-0.1, -0.05) is 23.8 Å². The highest BCUT2D eigenvalue weighted by Gasteiger charge is 1.82. The van der Waals surface area contributed by atoms with Gasteiger partial charge in [0, 0.05) is 10.4 Å². The largest absolute Gasteiger partial charge is 0.130 e. The molecule has 0 aromatic rings. The highest BCUT2D eigenvalue weighted by Crippen LogP contribution is 2.12. The lowest BCUT2D eigenvalue weighted by atomic mass is 10.4. The van der Waals surface area contributed by atoms with E-state index in [1.807, 2.05) is 37.5 Å². The molecule has 0 aliphatic heterocycles. The molecule has 0 aromatic carbocycles. The summed E-state index contributed by atoms with van der Waals surface area (Å²) in [6, 6.07) is 0. The van der Waals surface area contributed by atoms with Crippen LogP contribution in [-0.4, -0.2) is 6.26 Å². The van der Waals surface area contributed by atoms with Gasteiger partial charge < -0.3 is 0 Å². The molecular formula is C8H11ClS. The minimum atomic E-state index is 1.21. The SMILES string of the molecule is C/C=C/C(=C/C=C/Cl)SC. The van der Waals surface area contributed by atoms with Crippen molar-refractivity contribution < 1.29 is 0 Å². The van der Waals surface area contributed by atoms with Crippen LogP contribution in [0.5, 0.6) is 0 Å². The third-order valence-electron chi connectivity index (χ3n) is 0.900. The minimum absolute atomic E-state index is 1.21. The molecule has 0 rings (SSSR count). The Labute approximate surface area is 71.7 Å². The van der Waals surface area contributed by atoms with E-state index in [4.69, 9.17) is 11.6 Å². The van der Waals surface area contributed by atoms with E-state index in [1.165, 1.54) is 10.4 Å². The fraction of sp³-hybridized carbons (Fsp3) is 0.250. The molecule has 10 heavy (non-hydrogen) atoms. The van der Waals surface area contributed by atoms with Crippen molar-refractivity contribution in [2.45, 2.75) is 6.92 Å². The van der Waals surface area contributed by atoms with Gasteiger partial charge in [0.15, 0.2) is 0 Å². The Morgan fingerprint density at radius 3 is 2.60 bits per heavy atom. The van der Waals surface area contributed by atoms with E-state index in [9.17, 15) is 0 Å². The quantitative estimate of drug-likeness (QED) is 0.590. The maximum Gasteiger partial charge on any atom is 0.00661 e. The van der Waals surface area contributed by atoms with Crippen LogP contribution in [0.4, 0.5) is 0 Å². The molecule has 0 unspecified atom stereocenters. The van der Waals surface area contributed by atoms with Crippen molar-refractivity contribution in [3.05, 3.63) is 34.7 Å². The molecule has 2 heteroatoms. The maximum absolute atomic E-state index is 5.34. The second-order valence-corrected chi connectivity index (χ2v) is 2.72. The number of halogens is 1. The smallest absolute Gasteiger partial charge is 0.00661 e. The molecule has 0 bridgehead atoms. The summed E-state index contributed by atoms with van der Waals surface area (Å²) >= 11 is 7.04. The van der Waals surface area contributed by atoms with Crippen LogP contribution in [0.2, 0.25) is 0 Å². The highest BCUT2D eigenvalue weighted by molar-refractivity contribution is 8.02. The van der Waals surface area contributed by atoms with Gasteiger partial charge in [-0.15, -0.1) is 11.8 Å². The average Bonchev–Trinajstić information content (AvgIpc) is 1.98. The Kier molecular flexibility index (Phi) is 6.88. The average molecular weight is 175 g/mol. The first-order valence-corrected chi connectivity index (χ1v) is 4.65. The van der Waals surface area contributed by atoms with E-state index in [0.717, 1.165) is 0 Å². The van der Waals surface area contributed by atoms with E-state index in [0.29, 0.717) is 0 Å². The molecule has 0 saturated carbocycles. The van der Waals surface area contributed by atoms with Crippen molar-refractivity contribution in [1.82, 2.24) is 0 Å². The molecule has 0 atom stereocenters. The molecule has 56 valence electrons. The molecule has 0 aliphatic carbocycles. The van der Waals surface area contributed by atoms with Crippen molar-refractivity contribution in [2.24, 2.45) is 0 Å². The lowest BCUT2D eigenvalue weighted by molar-refractivity contribution is 1.71. The van der Waals surface area contributed by atoms with Gasteiger partial charge in [0.25, 0.3) is 0 Å². The second-order valence-electron chi connectivity index (χ2n) is 1.59. The number of hydrogen-bond acceptors (Lipinski definition) is 1. The van der Waals surface area contributed by atoms with Gasteiger partial charge in [0.2, 0.25) is 0 Å². The molecule has 0 spiro atoms. The summed E-state index contributed by atoms with van der Waals surface area (Å²) in [5.41, 5.74) is 1.50. The second kappa shape index (κ2) is 6.97. The number of hydrogen-bond donors (Lipinski definition) is 0. The summed E-state index contributed by atoms with van der Waals surface area (Å²) in [6.07, 6.45) is 9.87.